The fourth-order valence-electron chi connectivity index (χ4n) is 6.56. The number of hydrogen-bond donors (Lipinski definition) is 0. The van der Waals surface area contributed by atoms with Crippen LogP contribution in [0, 0.1) is 20.8 Å². The highest BCUT2D eigenvalue weighted by Gasteiger charge is 2.51. The van der Waals surface area contributed by atoms with E-state index in [9.17, 15) is 8.42 Å². The fourth-order valence-corrected chi connectivity index (χ4v) is 7.97. The van der Waals surface area contributed by atoms with E-state index in [4.69, 9.17) is 27.9 Å². The topological polar surface area (TPSA) is 89.5 Å². The van der Waals surface area contributed by atoms with Gasteiger partial charge in [-0.2, -0.15) is 8.42 Å². The van der Waals surface area contributed by atoms with Gasteiger partial charge in [0.15, 0.2) is 0 Å². The third kappa shape index (κ3) is 10.0. The SMILES string of the molecule is Cc1cc(C)c(S(=O)(=O)O[C@H]2O[C@H](COCc3ccccc3)[C@H](OCc3ccccc3)[C@H](OCc3ccccc3)[C@H]2OCc2ccccc2)c(C)c1. The molecular weight excluding hydrogens is 677 g/mol. The first-order chi connectivity index (χ1) is 25.3. The van der Waals surface area contributed by atoms with E-state index in [0.29, 0.717) is 17.7 Å². The van der Waals surface area contributed by atoms with Crippen LogP contribution in [-0.2, 0) is 64.4 Å². The van der Waals surface area contributed by atoms with E-state index in [-0.39, 0.29) is 31.3 Å². The molecule has 0 radical (unpaired) electrons. The first-order valence-corrected chi connectivity index (χ1v) is 18.9. The minimum absolute atomic E-state index is 0.0768. The van der Waals surface area contributed by atoms with E-state index in [0.717, 1.165) is 27.8 Å². The van der Waals surface area contributed by atoms with E-state index < -0.39 is 40.8 Å². The van der Waals surface area contributed by atoms with Crippen LogP contribution in [0.25, 0.3) is 0 Å². The molecule has 1 aliphatic heterocycles. The van der Waals surface area contributed by atoms with E-state index in [1.165, 1.54) is 0 Å². The first kappa shape index (κ1) is 37.6. The minimum atomic E-state index is -4.35. The van der Waals surface area contributed by atoms with Crippen LogP contribution in [0.5, 0.6) is 0 Å². The Hall–Kier alpha value is -4.19. The normalized spacial score (nSPS) is 20.5. The lowest BCUT2D eigenvalue weighted by Crippen LogP contribution is -2.62. The molecule has 0 unspecified atom stereocenters. The largest absolute Gasteiger partial charge is 0.374 e. The average Bonchev–Trinajstić information content (AvgIpc) is 3.14. The van der Waals surface area contributed by atoms with Gasteiger partial charge in [-0.1, -0.05) is 139 Å². The van der Waals surface area contributed by atoms with E-state index in [1.807, 2.05) is 140 Å². The van der Waals surface area contributed by atoms with Crippen LogP contribution in [-0.4, -0.2) is 45.7 Å². The van der Waals surface area contributed by atoms with Crippen LogP contribution in [0.1, 0.15) is 38.9 Å². The van der Waals surface area contributed by atoms with Crippen molar-refractivity contribution in [2.75, 3.05) is 6.61 Å². The molecule has 1 heterocycles. The van der Waals surface area contributed by atoms with Gasteiger partial charge in [0.2, 0.25) is 6.29 Å². The molecule has 9 heteroatoms. The van der Waals surface area contributed by atoms with Crippen molar-refractivity contribution in [2.24, 2.45) is 0 Å². The standard InChI is InChI=1S/C43H46O8S/c1-31-24-32(2)42(33(3)25-31)52(44,45)51-43-41(49-29-37-22-14-7-15-23-37)40(48-28-36-20-12-6-13-21-36)39(47-27-35-18-10-5-11-19-35)38(50-43)30-46-26-34-16-8-4-9-17-34/h4-25,38-41,43H,26-30H2,1-3H3/t38-,39+,40+,41-,43-/m1/s1. The number of rotatable bonds is 16. The van der Waals surface area contributed by atoms with Crippen molar-refractivity contribution in [3.63, 3.8) is 0 Å². The number of ether oxygens (including phenoxy) is 5. The van der Waals surface area contributed by atoms with Crippen molar-refractivity contribution in [3.8, 4) is 0 Å². The summed E-state index contributed by atoms with van der Waals surface area (Å²) in [6.45, 7) is 6.49. The van der Waals surface area contributed by atoms with Gasteiger partial charge >= 0.3 is 0 Å². The Labute approximate surface area is 307 Å². The van der Waals surface area contributed by atoms with E-state index in [2.05, 4.69) is 0 Å². The molecule has 1 saturated heterocycles. The predicted octanol–water partition coefficient (Wildman–Crippen LogP) is 8.02. The molecule has 272 valence electrons. The smallest absolute Gasteiger partial charge is 0.300 e. The molecule has 0 saturated carbocycles. The molecule has 0 aliphatic carbocycles. The van der Waals surface area contributed by atoms with Crippen molar-refractivity contribution >= 4 is 10.1 Å². The first-order valence-electron chi connectivity index (χ1n) is 17.5. The second-order valence-corrected chi connectivity index (χ2v) is 14.6. The van der Waals surface area contributed by atoms with Gasteiger partial charge in [0.05, 0.1) is 33.0 Å². The summed E-state index contributed by atoms with van der Waals surface area (Å²) in [6.07, 6.45) is -4.75. The molecule has 5 atom stereocenters. The zero-order chi connectivity index (χ0) is 36.3. The molecule has 5 aromatic rings. The summed E-state index contributed by atoms with van der Waals surface area (Å²) in [5.74, 6) is 0. The van der Waals surface area contributed by atoms with Crippen LogP contribution < -0.4 is 0 Å². The molecule has 0 amide bonds. The number of hydrogen-bond acceptors (Lipinski definition) is 8. The van der Waals surface area contributed by atoms with E-state index in [1.54, 1.807) is 13.8 Å². The summed E-state index contributed by atoms with van der Waals surface area (Å²) >= 11 is 0. The van der Waals surface area contributed by atoms with E-state index >= 15 is 0 Å². The van der Waals surface area contributed by atoms with Crippen LogP contribution >= 0.6 is 0 Å². The maximum absolute atomic E-state index is 14.2. The van der Waals surface area contributed by atoms with Crippen molar-refractivity contribution in [1.29, 1.82) is 0 Å². The van der Waals surface area contributed by atoms with Gasteiger partial charge in [-0.25, -0.2) is 4.18 Å². The van der Waals surface area contributed by atoms with Crippen LogP contribution in [0.2, 0.25) is 0 Å². The summed E-state index contributed by atoms with van der Waals surface area (Å²) in [4.78, 5) is 0.101. The molecule has 6 rings (SSSR count). The molecule has 0 bridgehead atoms. The molecule has 5 aromatic carbocycles. The maximum Gasteiger partial charge on any atom is 0.300 e. The average molecular weight is 723 g/mol. The van der Waals surface area contributed by atoms with Crippen LogP contribution in [0.4, 0.5) is 0 Å². The lowest BCUT2D eigenvalue weighted by molar-refractivity contribution is -0.309. The van der Waals surface area contributed by atoms with Gasteiger partial charge in [0.25, 0.3) is 10.1 Å². The number of aryl methyl sites for hydroxylation is 3. The molecule has 0 spiro atoms. The highest BCUT2D eigenvalue weighted by Crippen LogP contribution is 2.34. The van der Waals surface area contributed by atoms with Gasteiger partial charge in [0.1, 0.15) is 29.3 Å². The second-order valence-electron chi connectivity index (χ2n) is 13.1. The molecule has 0 aromatic heterocycles. The second kappa shape index (κ2) is 18.0. The summed E-state index contributed by atoms with van der Waals surface area (Å²) in [6, 6.07) is 42.7. The van der Waals surface area contributed by atoms with Gasteiger partial charge in [-0.05, 0) is 54.2 Å². The van der Waals surface area contributed by atoms with Crippen molar-refractivity contribution in [1.82, 2.24) is 0 Å². The Kier molecular flexibility index (Phi) is 13.0. The third-order valence-corrected chi connectivity index (χ3v) is 10.5. The van der Waals surface area contributed by atoms with Crippen molar-refractivity contribution < 1.29 is 36.3 Å². The molecule has 1 aliphatic rings. The Morgan fingerprint density at radius 3 is 1.40 bits per heavy atom. The van der Waals surface area contributed by atoms with Crippen LogP contribution in [0.15, 0.2) is 138 Å². The van der Waals surface area contributed by atoms with Crippen molar-refractivity contribution in [3.05, 3.63) is 172 Å². The zero-order valence-corrected chi connectivity index (χ0v) is 30.6. The van der Waals surface area contributed by atoms with Crippen LogP contribution in [0.3, 0.4) is 0 Å². The molecule has 52 heavy (non-hydrogen) atoms. The summed E-state index contributed by atoms with van der Waals surface area (Å²) in [7, 11) is -4.35. The highest BCUT2D eigenvalue weighted by molar-refractivity contribution is 7.86. The predicted molar refractivity (Wildman–Crippen MR) is 199 cm³/mol. The lowest BCUT2D eigenvalue weighted by Gasteiger charge is -2.45. The summed E-state index contributed by atoms with van der Waals surface area (Å²) in [5, 5.41) is 0. The molecule has 0 N–H and O–H groups in total. The summed E-state index contributed by atoms with van der Waals surface area (Å²) < 4.78 is 67.3. The number of benzene rings is 5. The van der Waals surface area contributed by atoms with Gasteiger partial charge in [-0.15, -0.1) is 0 Å². The Morgan fingerprint density at radius 1 is 0.538 bits per heavy atom. The molecule has 8 nitrogen and oxygen atoms in total. The highest BCUT2D eigenvalue weighted by atomic mass is 32.2. The van der Waals surface area contributed by atoms with Crippen molar-refractivity contribution in [2.45, 2.75) is 82.8 Å². The van der Waals surface area contributed by atoms with Gasteiger partial charge < -0.3 is 23.7 Å². The Bertz CT molecular complexity index is 1920. The lowest BCUT2D eigenvalue weighted by atomic mass is 9.98. The minimum Gasteiger partial charge on any atom is -0.374 e. The monoisotopic (exact) mass is 722 g/mol. The third-order valence-electron chi connectivity index (χ3n) is 8.92. The zero-order valence-electron chi connectivity index (χ0n) is 29.8. The Balaban J connectivity index is 1.37. The maximum atomic E-state index is 14.2. The fraction of sp³-hybridized carbons (Fsp3) is 0.302. The molecule has 1 fully saturated rings. The summed E-state index contributed by atoms with van der Waals surface area (Å²) in [5.41, 5.74) is 5.90. The Morgan fingerprint density at radius 2 is 0.942 bits per heavy atom. The van der Waals surface area contributed by atoms with Gasteiger partial charge in [0, 0.05) is 0 Å². The van der Waals surface area contributed by atoms with Gasteiger partial charge in [-0.3, -0.25) is 0 Å². The molecular formula is C43H46O8S. The quantitative estimate of drug-likeness (QED) is 0.0947.